The van der Waals surface area contributed by atoms with Gasteiger partial charge in [-0.15, -0.1) is 12.4 Å². The van der Waals surface area contributed by atoms with Crippen LogP contribution in [0.3, 0.4) is 0 Å². The highest BCUT2D eigenvalue weighted by Gasteiger charge is 2.29. The quantitative estimate of drug-likeness (QED) is 0.495. The molecule has 5 rings (SSSR count). The number of aromatic nitrogens is 3. The molecule has 32 heavy (non-hydrogen) atoms. The lowest BCUT2D eigenvalue weighted by molar-refractivity contribution is 0.0605. The van der Waals surface area contributed by atoms with Crippen LogP contribution in [0.5, 0.6) is 0 Å². The summed E-state index contributed by atoms with van der Waals surface area (Å²) in [4.78, 5) is 20.1. The number of carbonyl (C=O) groups excluding carboxylic acids is 1. The Morgan fingerprint density at radius 1 is 1.16 bits per heavy atom. The lowest BCUT2D eigenvalue weighted by atomic mass is 9.97. The average molecular weight is 452 g/mol. The normalized spacial score (nSPS) is 18.8. The Kier molecular flexibility index (Phi) is 6.01. The Morgan fingerprint density at radius 2 is 1.94 bits per heavy atom. The highest BCUT2D eigenvalue weighted by molar-refractivity contribution is 5.98. The van der Waals surface area contributed by atoms with E-state index in [1.54, 1.807) is 0 Å². The first-order valence-electron chi connectivity index (χ1n) is 11.1. The molecule has 2 N–H and O–H groups in total. The van der Waals surface area contributed by atoms with Gasteiger partial charge in [0.1, 0.15) is 0 Å². The molecule has 0 bridgehead atoms. The van der Waals surface area contributed by atoms with Gasteiger partial charge in [-0.2, -0.15) is 0 Å². The molecule has 0 aliphatic carbocycles. The van der Waals surface area contributed by atoms with Crippen molar-refractivity contribution < 1.29 is 4.79 Å². The van der Waals surface area contributed by atoms with Crippen molar-refractivity contribution in [2.45, 2.75) is 45.3 Å². The van der Waals surface area contributed by atoms with E-state index in [0.29, 0.717) is 5.56 Å². The van der Waals surface area contributed by atoms with Gasteiger partial charge in [0.2, 0.25) is 0 Å². The Morgan fingerprint density at radius 3 is 2.72 bits per heavy atom. The van der Waals surface area contributed by atoms with Crippen molar-refractivity contribution in [3.8, 4) is 11.5 Å². The largest absolute Gasteiger partial charge is 0.338 e. The average Bonchev–Trinajstić information content (AvgIpc) is 3.32. The molecule has 0 spiro atoms. The first-order chi connectivity index (χ1) is 15.0. The first-order valence-corrected chi connectivity index (χ1v) is 11.1. The molecule has 2 unspecified atom stereocenters. The molecule has 2 aromatic carbocycles. The van der Waals surface area contributed by atoms with Crippen LogP contribution in [0.2, 0.25) is 0 Å². The molecular formula is C25H30ClN5O. The molecule has 3 heterocycles. The zero-order valence-corrected chi connectivity index (χ0v) is 19.6. The summed E-state index contributed by atoms with van der Waals surface area (Å²) in [6, 6.07) is 16.5. The van der Waals surface area contributed by atoms with Gasteiger partial charge in [-0.1, -0.05) is 18.2 Å². The topological polar surface area (TPSA) is 69.1 Å². The summed E-state index contributed by atoms with van der Waals surface area (Å²) in [5.41, 5.74) is 11.0. The van der Waals surface area contributed by atoms with E-state index in [1.807, 2.05) is 37.1 Å². The number of carbonyl (C=O) groups is 1. The molecule has 1 aliphatic heterocycles. The second-order valence-electron chi connectivity index (χ2n) is 8.58. The van der Waals surface area contributed by atoms with Crippen LogP contribution in [0.4, 0.5) is 0 Å². The van der Waals surface area contributed by atoms with Gasteiger partial charge < -0.3 is 19.8 Å². The number of aryl methyl sites for hydroxylation is 2. The van der Waals surface area contributed by atoms with E-state index in [2.05, 4.69) is 46.4 Å². The van der Waals surface area contributed by atoms with Crippen LogP contribution in [0.15, 0.2) is 48.5 Å². The summed E-state index contributed by atoms with van der Waals surface area (Å²) < 4.78 is 4.41. The SMILES string of the molecule is CCn1c(-c2nc3cc(C(=O)N4CCCC(N)C4C)ccc3n2C)cc2ccccc21.Cl. The van der Waals surface area contributed by atoms with E-state index in [-0.39, 0.29) is 30.4 Å². The molecule has 0 radical (unpaired) electrons. The fourth-order valence-electron chi connectivity index (χ4n) is 4.92. The minimum absolute atomic E-state index is 0. The molecule has 1 amide bonds. The second-order valence-corrected chi connectivity index (χ2v) is 8.58. The predicted octanol–water partition coefficient (Wildman–Crippen LogP) is 4.59. The van der Waals surface area contributed by atoms with Crippen molar-refractivity contribution in [3.63, 3.8) is 0 Å². The predicted molar refractivity (Wildman–Crippen MR) is 132 cm³/mol. The number of benzene rings is 2. The van der Waals surface area contributed by atoms with Crippen molar-refractivity contribution in [1.82, 2.24) is 19.0 Å². The minimum Gasteiger partial charge on any atom is -0.338 e. The zero-order chi connectivity index (χ0) is 21.7. The third kappa shape index (κ3) is 3.48. The van der Waals surface area contributed by atoms with Crippen LogP contribution < -0.4 is 5.73 Å². The maximum absolute atomic E-state index is 13.2. The molecule has 6 nitrogen and oxygen atoms in total. The molecule has 7 heteroatoms. The van der Waals surface area contributed by atoms with Crippen molar-refractivity contribution in [2.75, 3.05) is 6.54 Å². The summed E-state index contributed by atoms with van der Waals surface area (Å²) in [6.45, 7) is 5.82. The van der Waals surface area contributed by atoms with Crippen LogP contribution in [-0.2, 0) is 13.6 Å². The Balaban J connectivity index is 0.00000245. The molecule has 2 aromatic heterocycles. The number of piperidine rings is 1. The second kappa shape index (κ2) is 8.60. The van der Waals surface area contributed by atoms with E-state index < -0.39 is 0 Å². The summed E-state index contributed by atoms with van der Waals surface area (Å²) in [5, 5.41) is 1.21. The Bertz CT molecular complexity index is 1290. The van der Waals surface area contributed by atoms with Gasteiger partial charge in [0.05, 0.1) is 16.7 Å². The van der Waals surface area contributed by atoms with Crippen LogP contribution in [0.25, 0.3) is 33.5 Å². The molecule has 1 aliphatic rings. The standard InChI is InChI=1S/C25H29N5O.ClH/c1-4-29-21-10-6-5-8-17(21)15-23(29)24-27-20-14-18(11-12-22(20)28(24)3)25(31)30-13-7-9-19(26)16(30)2;/h5-6,8,10-12,14-16,19H,4,7,9,13,26H2,1-3H3;1H. The van der Waals surface area contributed by atoms with Crippen molar-refractivity contribution in [1.29, 1.82) is 0 Å². The van der Waals surface area contributed by atoms with Gasteiger partial charge in [-0.05, 0) is 57.0 Å². The minimum atomic E-state index is 0. The molecule has 1 saturated heterocycles. The number of fused-ring (bicyclic) bond motifs is 2. The summed E-state index contributed by atoms with van der Waals surface area (Å²) in [5.74, 6) is 0.949. The molecule has 4 aromatic rings. The lowest BCUT2D eigenvalue weighted by Gasteiger charge is -2.37. The van der Waals surface area contributed by atoms with Gasteiger partial charge in [0, 0.05) is 48.7 Å². The van der Waals surface area contributed by atoms with Crippen molar-refractivity contribution in [3.05, 3.63) is 54.1 Å². The van der Waals surface area contributed by atoms with Crippen molar-refractivity contribution >= 4 is 40.3 Å². The first kappa shape index (κ1) is 22.4. The van der Waals surface area contributed by atoms with Crippen molar-refractivity contribution in [2.24, 2.45) is 12.8 Å². The summed E-state index contributed by atoms with van der Waals surface area (Å²) >= 11 is 0. The lowest BCUT2D eigenvalue weighted by Crippen LogP contribution is -2.52. The van der Waals surface area contributed by atoms with Crippen LogP contribution in [0.1, 0.15) is 37.0 Å². The number of rotatable bonds is 3. The van der Waals surface area contributed by atoms with E-state index in [9.17, 15) is 4.79 Å². The monoisotopic (exact) mass is 451 g/mol. The third-order valence-corrected chi connectivity index (χ3v) is 6.79. The number of likely N-dealkylation sites (tertiary alicyclic amines) is 1. The van der Waals surface area contributed by atoms with Crippen LogP contribution in [0, 0.1) is 0 Å². The van der Waals surface area contributed by atoms with E-state index in [4.69, 9.17) is 10.7 Å². The van der Waals surface area contributed by atoms with Gasteiger partial charge in [-0.25, -0.2) is 4.98 Å². The number of hydrogen-bond donors (Lipinski definition) is 1. The summed E-state index contributed by atoms with van der Waals surface area (Å²) in [6.07, 6.45) is 1.92. The number of para-hydroxylation sites is 1. The third-order valence-electron chi connectivity index (χ3n) is 6.79. The highest BCUT2D eigenvalue weighted by Crippen LogP contribution is 2.30. The zero-order valence-electron chi connectivity index (χ0n) is 18.8. The molecule has 2 atom stereocenters. The number of nitrogens with zero attached hydrogens (tertiary/aromatic N) is 4. The smallest absolute Gasteiger partial charge is 0.254 e. The van der Waals surface area contributed by atoms with Gasteiger partial charge in [-0.3, -0.25) is 4.79 Å². The van der Waals surface area contributed by atoms with E-state index in [0.717, 1.165) is 48.5 Å². The highest BCUT2D eigenvalue weighted by atomic mass is 35.5. The fourth-order valence-corrected chi connectivity index (χ4v) is 4.92. The summed E-state index contributed by atoms with van der Waals surface area (Å²) in [7, 11) is 2.04. The number of nitrogens with two attached hydrogens (primary N) is 1. The van der Waals surface area contributed by atoms with Crippen LogP contribution >= 0.6 is 12.4 Å². The molecule has 0 saturated carbocycles. The number of imidazole rings is 1. The number of amides is 1. The van der Waals surface area contributed by atoms with E-state index >= 15 is 0 Å². The van der Waals surface area contributed by atoms with Gasteiger partial charge in [0.25, 0.3) is 5.91 Å². The maximum atomic E-state index is 13.2. The molecule has 1 fully saturated rings. The Labute approximate surface area is 194 Å². The number of hydrogen-bond acceptors (Lipinski definition) is 3. The maximum Gasteiger partial charge on any atom is 0.254 e. The number of halogens is 1. The van der Waals surface area contributed by atoms with Gasteiger partial charge >= 0.3 is 0 Å². The Hall–Kier alpha value is -2.83. The fraction of sp³-hybridized carbons (Fsp3) is 0.360. The molecular weight excluding hydrogens is 422 g/mol. The molecule has 168 valence electrons. The van der Waals surface area contributed by atoms with Crippen LogP contribution in [-0.4, -0.2) is 43.6 Å². The van der Waals surface area contributed by atoms with E-state index in [1.165, 1.54) is 10.9 Å². The van der Waals surface area contributed by atoms with Gasteiger partial charge in [0.15, 0.2) is 5.82 Å².